The largest absolute Gasteiger partial charge is 0.497 e. The summed E-state index contributed by atoms with van der Waals surface area (Å²) in [5, 5.41) is 13.0. The SMILES string of the molecule is CCC(C)NC(=O)N(C)CC(O)c1ccc(OC)cc1. The van der Waals surface area contributed by atoms with Gasteiger partial charge in [-0.1, -0.05) is 19.1 Å². The van der Waals surface area contributed by atoms with Gasteiger partial charge in [0, 0.05) is 13.1 Å². The van der Waals surface area contributed by atoms with Crippen molar-refractivity contribution in [3.63, 3.8) is 0 Å². The molecule has 0 aromatic heterocycles. The average Bonchev–Trinajstić information content (AvgIpc) is 2.46. The van der Waals surface area contributed by atoms with E-state index in [9.17, 15) is 9.90 Å². The van der Waals surface area contributed by atoms with Crippen molar-refractivity contribution < 1.29 is 14.6 Å². The minimum absolute atomic E-state index is 0.128. The van der Waals surface area contributed by atoms with Crippen LogP contribution in [0.3, 0.4) is 0 Å². The lowest BCUT2D eigenvalue weighted by atomic mass is 10.1. The Balaban J connectivity index is 2.55. The molecule has 0 saturated heterocycles. The zero-order chi connectivity index (χ0) is 15.1. The Hall–Kier alpha value is -1.75. The molecule has 0 spiro atoms. The molecule has 2 atom stereocenters. The summed E-state index contributed by atoms with van der Waals surface area (Å²) in [5.74, 6) is 0.740. The average molecular weight is 280 g/mol. The summed E-state index contributed by atoms with van der Waals surface area (Å²) in [4.78, 5) is 13.4. The van der Waals surface area contributed by atoms with Crippen LogP contribution in [0.4, 0.5) is 4.79 Å². The van der Waals surface area contributed by atoms with Gasteiger partial charge in [0.15, 0.2) is 0 Å². The van der Waals surface area contributed by atoms with Crippen LogP contribution < -0.4 is 10.1 Å². The molecule has 112 valence electrons. The van der Waals surface area contributed by atoms with Gasteiger partial charge in [0.2, 0.25) is 0 Å². The Bertz CT molecular complexity index is 420. The van der Waals surface area contributed by atoms with E-state index in [1.807, 2.05) is 13.8 Å². The lowest BCUT2D eigenvalue weighted by Crippen LogP contribution is -2.43. The Morgan fingerprint density at radius 1 is 1.40 bits per heavy atom. The minimum atomic E-state index is -0.714. The van der Waals surface area contributed by atoms with Crippen LogP contribution in [0.15, 0.2) is 24.3 Å². The molecule has 0 saturated carbocycles. The highest BCUT2D eigenvalue weighted by Crippen LogP contribution is 2.18. The first kappa shape index (κ1) is 16.3. The molecule has 5 heteroatoms. The Labute approximate surface area is 120 Å². The number of carbonyl (C=O) groups is 1. The summed E-state index contributed by atoms with van der Waals surface area (Å²) < 4.78 is 5.07. The predicted molar refractivity (Wildman–Crippen MR) is 78.9 cm³/mol. The molecule has 0 fully saturated rings. The maximum absolute atomic E-state index is 11.9. The van der Waals surface area contributed by atoms with Crippen molar-refractivity contribution in [1.82, 2.24) is 10.2 Å². The predicted octanol–water partition coefficient (Wildman–Crippen LogP) is 2.17. The van der Waals surface area contributed by atoms with E-state index < -0.39 is 6.10 Å². The first-order chi connectivity index (χ1) is 9.47. The minimum Gasteiger partial charge on any atom is -0.497 e. The smallest absolute Gasteiger partial charge is 0.317 e. The van der Waals surface area contributed by atoms with E-state index in [1.54, 1.807) is 38.4 Å². The van der Waals surface area contributed by atoms with Crippen molar-refractivity contribution in [3.8, 4) is 5.75 Å². The van der Waals surface area contributed by atoms with E-state index in [0.29, 0.717) is 0 Å². The van der Waals surface area contributed by atoms with Crippen molar-refractivity contribution in [1.29, 1.82) is 0 Å². The van der Waals surface area contributed by atoms with Gasteiger partial charge in [0.05, 0.1) is 19.8 Å². The number of urea groups is 1. The monoisotopic (exact) mass is 280 g/mol. The third-order valence-corrected chi connectivity index (χ3v) is 3.28. The summed E-state index contributed by atoms with van der Waals surface area (Å²) in [6.07, 6.45) is 0.161. The number of aliphatic hydroxyl groups excluding tert-OH is 1. The molecular weight excluding hydrogens is 256 g/mol. The molecule has 0 aliphatic rings. The number of rotatable bonds is 6. The number of methoxy groups -OCH3 is 1. The van der Waals surface area contributed by atoms with Crippen molar-refractivity contribution >= 4 is 6.03 Å². The number of likely N-dealkylation sites (N-methyl/N-ethyl adjacent to an activating group) is 1. The van der Waals surface area contributed by atoms with Gasteiger partial charge < -0.3 is 20.1 Å². The van der Waals surface area contributed by atoms with Crippen LogP contribution >= 0.6 is 0 Å². The fourth-order valence-corrected chi connectivity index (χ4v) is 1.70. The number of hydrogen-bond acceptors (Lipinski definition) is 3. The first-order valence-corrected chi connectivity index (χ1v) is 6.81. The molecular formula is C15H24N2O3. The van der Waals surface area contributed by atoms with Crippen LogP contribution in [0.2, 0.25) is 0 Å². The van der Waals surface area contributed by atoms with E-state index in [-0.39, 0.29) is 18.6 Å². The quantitative estimate of drug-likeness (QED) is 0.839. The van der Waals surface area contributed by atoms with Crippen LogP contribution in [-0.4, -0.2) is 42.8 Å². The molecule has 1 aromatic carbocycles. The summed E-state index contributed by atoms with van der Waals surface area (Å²) in [6.45, 7) is 4.21. The van der Waals surface area contributed by atoms with Crippen LogP contribution in [-0.2, 0) is 0 Å². The second kappa shape index (κ2) is 7.75. The zero-order valence-corrected chi connectivity index (χ0v) is 12.6. The highest BCUT2D eigenvalue weighted by Gasteiger charge is 2.16. The van der Waals surface area contributed by atoms with Crippen molar-refractivity contribution in [2.45, 2.75) is 32.4 Å². The lowest BCUT2D eigenvalue weighted by Gasteiger charge is -2.23. The Kier molecular flexibility index (Phi) is 6.31. The van der Waals surface area contributed by atoms with Gasteiger partial charge in [-0.15, -0.1) is 0 Å². The standard InChI is InChI=1S/C15H24N2O3/c1-5-11(2)16-15(19)17(3)10-14(18)12-6-8-13(20-4)9-7-12/h6-9,11,14,18H,5,10H2,1-4H3,(H,16,19). The van der Waals surface area contributed by atoms with E-state index in [4.69, 9.17) is 4.74 Å². The maximum atomic E-state index is 11.9. The van der Waals surface area contributed by atoms with Crippen molar-refractivity contribution in [2.24, 2.45) is 0 Å². The number of nitrogens with zero attached hydrogens (tertiary/aromatic N) is 1. The Morgan fingerprint density at radius 3 is 2.50 bits per heavy atom. The van der Waals surface area contributed by atoms with E-state index >= 15 is 0 Å². The molecule has 1 aromatic rings. The van der Waals surface area contributed by atoms with Crippen LogP contribution in [0.5, 0.6) is 5.75 Å². The first-order valence-electron chi connectivity index (χ1n) is 6.81. The van der Waals surface area contributed by atoms with Gasteiger partial charge in [-0.2, -0.15) is 0 Å². The lowest BCUT2D eigenvalue weighted by molar-refractivity contribution is 0.130. The molecule has 0 aliphatic carbocycles. The molecule has 1 rings (SSSR count). The van der Waals surface area contributed by atoms with Gasteiger partial charge in [-0.3, -0.25) is 0 Å². The molecule has 0 aliphatic heterocycles. The number of nitrogens with one attached hydrogen (secondary N) is 1. The van der Waals surface area contributed by atoms with Gasteiger partial charge in [0.25, 0.3) is 0 Å². The number of aliphatic hydroxyl groups is 1. The fraction of sp³-hybridized carbons (Fsp3) is 0.533. The zero-order valence-electron chi connectivity index (χ0n) is 12.6. The van der Waals surface area contributed by atoms with Crippen LogP contribution in [0.25, 0.3) is 0 Å². The summed E-state index contributed by atoms with van der Waals surface area (Å²) in [7, 11) is 3.27. The summed E-state index contributed by atoms with van der Waals surface area (Å²) >= 11 is 0. The second-order valence-electron chi connectivity index (χ2n) is 4.93. The summed E-state index contributed by atoms with van der Waals surface area (Å²) in [5.41, 5.74) is 0.758. The molecule has 2 amide bonds. The van der Waals surface area contributed by atoms with Crippen LogP contribution in [0, 0.1) is 0 Å². The molecule has 5 nitrogen and oxygen atoms in total. The summed E-state index contributed by atoms with van der Waals surface area (Å²) in [6, 6.07) is 7.12. The molecule has 0 heterocycles. The highest BCUT2D eigenvalue weighted by molar-refractivity contribution is 5.74. The fourth-order valence-electron chi connectivity index (χ4n) is 1.70. The third-order valence-electron chi connectivity index (χ3n) is 3.28. The van der Waals surface area contributed by atoms with E-state index in [0.717, 1.165) is 17.7 Å². The van der Waals surface area contributed by atoms with Gasteiger partial charge in [-0.05, 0) is 31.0 Å². The topological polar surface area (TPSA) is 61.8 Å². The molecule has 2 unspecified atom stereocenters. The molecule has 0 bridgehead atoms. The van der Waals surface area contributed by atoms with Gasteiger partial charge in [-0.25, -0.2) is 4.79 Å². The van der Waals surface area contributed by atoms with Crippen LogP contribution in [0.1, 0.15) is 31.9 Å². The highest BCUT2D eigenvalue weighted by atomic mass is 16.5. The van der Waals surface area contributed by atoms with E-state index in [2.05, 4.69) is 5.32 Å². The Morgan fingerprint density at radius 2 is 2.00 bits per heavy atom. The number of carbonyl (C=O) groups excluding carboxylic acids is 1. The molecule has 20 heavy (non-hydrogen) atoms. The van der Waals surface area contributed by atoms with Gasteiger partial charge in [0.1, 0.15) is 5.75 Å². The second-order valence-corrected chi connectivity index (χ2v) is 4.93. The maximum Gasteiger partial charge on any atom is 0.317 e. The number of hydrogen-bond donors (Lipinski definition) is 2. The number of ether oxygens (including phenoxy) is 1. The number of benzene rings is 1. The van der Waals surface area contributed by atoms with Crippen molar-refractivity contribution in [3.05, 3.63) is 29.8 Å². The van der Waals surface area contributed by atoms with Gasteiger partial charge >= 0.3 is 6.03 Å². The third kappa shape index (κ3) is 4.74. The molecule has 0 radical (unpaired) electrons. The van der Waals surface area contributed by atoms with Crippen molar-refractivity contribution in [2.75, 3.05) is 20.7 Å². The number of amides is 2. The normalized spacial score (nSPS) is 13.4. The van der Waals surface area contributed by atoms with E-state index in [1.165, 1.54) is 4.90 Å². The molecule has 2 N–H and O–H groups in total.